The SMILES string of the molecule is CCN(C)CCNC1(CC)CC(OC)=C(N)C=C1[N+](=O)[O-]. The molecule has 1 aliphatic carbocycles. The maximum atomic E-state index is 11.4. The third kappa shape index (κ3) is 3.95. The zero-order valence-corrected chi connectivity index (χ0v) is 13.3. The fraction of sp³-hybridized carbons (Fsp3) is 0.714. The van der Waals surface area contributed by atoms with E-state index in [9.17, 15) is 10.1 Å². The van der Waals surface area contributed by atoms with Gasteiger partial charge in [-0.05, 0) is 20.0 Å². The van der Waals surface area contributed by atoms with Crippen molar-refractivity contribution in [3.63, 3.8) is 0 Å². The lowest BCUT2D eigenvalue weighted by atomic mass is 9.83. The Kier molecular flexibility index (Phi) is 6.17. The van der Waals surface area contributed by atoms with Gasteiger partial charge >= 0.3 is 0 Å². The lowest BCUT2D eigenvalue weighted by Crippen LogP contribution is -2.52. The molecule has 0 bridgehead atoms. The predicted molar refractivity (Wildman–Crippen MR) is 82.1 cm³/mol. The molecule has 1 atom stereocenters. The van der Waals surface area contributed by atoms with Crippen molar-refractivity contribution in [2.75, 3.05) is 33.8 Å². The number of nitrogens with two attached hydrogens (primary N) is 1. The van der Waals surface area contributed by atoms with Crippen molar-refractivity contribution >= 4 is 0 Å². The third-order valence-electron chi connectivity index (χ3n) is 4.11. The minimum atomic E-state index is -0.730. The number of ether oxygens (including phenoxy) is 1. The van der Waals surface area contributed by atoms with Crippen LogP contribution in [0.1, 0.15) is 26.7 Å². The minimum Gasteiger partial charge on any atom is -0.499 e. The average molecular weight is 298 g/mol. The molecular formula is C14H26N4O3. The Morgan fingerprint density at radius 3 is 2.71 bits per heavy atom. The molecule has 0 fully saturated rings. The molecule has 0 aromatic rings. The summed E-state index contributed by atoms with van der Waals surface area (Å²) in [5.41, 5.74) is 5.55. The van der Waals surface area contributed by atoms with Crippen LogP contribution in [0.2, 0.25) is 0 Å². The lowest BCUT2D eigenvalue weighted by Gasteiger charge is -2.34. The van der Waals surface area contributed by atoms with Gasteiger partial charge in [-0.3, -0.25) is 10.1 Å². The van der Waals surface area contributed by atoms with Crippen molar-refractivity contribution in [1.29, 1.82) is 0 Å². The zero-order chi connectivity index (χ0) is 16.0. The van der Waals surface area contributed by atoms with Crippen molar-refractivity contribution < 1.29 is 9.66 Å². The first-order chi connectivity index (χ1) is 9.90. The van der Waals surface area contributed by atoms with E-state index in [-0.39, 0.29) is 10.6 Å². The number of likely N-dealkylation sites (N-methyl/N-ethyl adjacent to an activating group) is 1. The van der Waals surface area contributed by atoms with E-state index >= 15 is 0 Å². The van der Waals surface area contributed by atoms with Gasteiger partial charge in [-0.15, -0.1) is 0 Å². The van der Waals surface area contributed by atoms with Crippen molar-refractivity contribution in [3.05, 3.63) is 33.3 Å². The van der Waals surface area contributed by atoms with E-state index in [1.807, 2.05) is 14.0 Å². The molecule has 0 saturated carbocycles. The van der Waals surface area contributed by atoms with Gasteiger partial charge in [0.05, 0.1) is 17.7 Å². The molecule has 1 unspecified atom stereocenters. The van der Waals surface area contributed by atoms with E-state index in [0.717, 1.165) is 13.1 Å². The highest BCUT2D eigenvalue weighted by atomic mass is 16.6. The van der Waals surface area contributed by atoms with Gasteiger partial charge in [-0.2, -0.15) is 0 Å². The third-order valence-corrected chi connectivity index (χ3v) is 4.11. The Morgan fingerprint density at radius 1 is 1.57 bits per heavy atom. The fourth-order valence-corrected chi connectivity index (χ4v) is 2.48. The smallest absolute Gasteiger partial charge is 0.268 e. The van der Waals surface area contributed by atoms with Gasteiger partial charge in [0, 0.05) is 25.6 Å². The molecule has 120 valence electrons. The monoisotopic (exact) mass is 298 g/mol. The van der Waals surface area contributed by atoms with Crippen LogP contribution in [0.4, 0.5) is 0 Å². The Balaban J connectivity index is 2.97. The topological polar surface area (TPSA) is 93.7 Å². The van der Waals surface area contributed by atoms with Gasteiger partial charge in [0.2, 0.25) is 0 Å². The standard InChI is InChI=1S/C14H26N4O3/c1-5-14(16-7-8-17(3)6-2)10-12(21-4)11(15)9-13(14)18(19)20/h9,16H,5-8,10,15H2,1-4H3. The van der Waals surface area contributed by atoms with Crippen molar-refractivity contribution in [1.82, 2.24) is 10.2 Å². The Labute approximate surface area is 126 Å². The van der Waals surface area contributed by atoms with Crippen LogP contribution in [-0.4, -0.2) is 49.2 Å². The normalized spacial score (nSPS) is 22.4. The molecule has 7 nitrogen and oxygen atoms in total. The number of methoxy groups -OCH3 is 1. The maximum absolute atomic E-state index is 11.4. The van der Waals surface area contributed by atoms with E-state index in [1.54, 1.807) is 7.11 Å². The summed E-state index contributed by atoms with van der Waals surface area (Å²) in [4.78, 5) is 13.2. The Bertz CT molecular complexity index is 448. The number of hydrogen-bond donors (Lipinski definition) is 2. The van der Waals surface area contributed by atoms with Gasteiger partial charge in [-0.25, -0.2) is 0 Å². The molecule has 0 aromatic carbocycles. The molecule has 3 N–H and O–H groups in total. The summed E-state index contributed by atoms with van der Waals surface area (Å²) in [5.74, 6) is 0.596. The van der Waals surface area contributed by atoms with Crippen LogP contribution >= 0.6 is 0 Å². The van der Waals surface area contributed by atoms with Crippen LogP contribution in [0.5, 0.6) is 0 Å². The van der Waals surface area contributed by atoms with Gasteiger partial charge in [0.15, 0.2) is 0 Å². The number of hydrogen-bond acceptors (Lipinski definition) is 6. The van der Waals surface area contributed by atoms with Crippen molar-refractivity contribution in [2.45, 2.75) is 32.2 Å². The summed E-state index contributed by atoms with van der Waals surface area (Å²) < 4.78 is 5.27. The predicted octanol–water partition coefficient (Wildman–Crippen LogP) is 1.06. The summed E-state index contributed by atoms with van der Waals surface area (Å²) in [6, 6.07) is 0. The first-order valence-corrected chi connectivity index (χ1v) is 7.23. The van der Waals surface area contributed by atoms with E-state index < -0.39 is 5.54 Å². The first-order valence-electron chi connectivity index (χ1n) is 7.23. The molecular weight excluding hydrogens is 272 g/mol. The first kappa shape index (κ1) is 17.5. The lowest BCUT2D eigenvalue weighted by molar-refractivity contribution is -0.437. The number of nitrogens with zero attached hydrogens (tertiary/aromatic N) is 2. The second-order valence-electron chi connectivity index (χ2n) is 5.30. The molecule has 1 rings (SSSR count). The van der Waals surface area contributed by atoms with Gasteiger partial charge in [0.25, 0.3) is 5.70 Å². The van der Waals surface area contributed by atoms with E-state index in [2.05, 4.69) is 17.1 Å². The summed E-state index contributed by atoms with van der Waals surface area (Å²) in [6.07, 6.45) is 2.41. The highest BCUT2D eigenvalue weighted by Crippen LogP contribution is 2.34. The summed E-state index contributed by atoms with van der Waals surface area (Å²) >= 11 is 0. The number of rotatable bonds is 8. The quantitative estimate of drug-likeness (QED) is 0.514. The molecule has 21 heavy (non-hydrogen) atoms. The van der Waals surface area contributed by atoms with Gasteiger partial charge < -0.3 is 20.7 Å². The Hall–Kier alpha value is -1.60. The number of nitro groups is 1. The number of nitrogens with one attached hydrogen (secondary N) is 1. The molecule has 0 heterocycles. The molecule has 0 aliphatic heterocycles. The molecule has 0 amide bonds. The second-order valence-corrected chi connectivity index (χ2v) is 5.30. The van der Waals surface area contributed by atoms with Crippen molar-refractivity contribution in [2.24, 2.45) is 5.73 Å². The van der Waals surface area contributed by atoms with E-state index in [1.165, 1.54) is 6.08 Å². The van der Waals surface area contributed by atoms with Crippen molar-refractivity contribution in [3.8, 4) is 0 Å². The minimum absolute atomic E-state index is 0.113. The van der Waals surface area contributed by atoms with E-state index in [0.29, 0.717) is 30.8 Å². The second kappa shape index (κ2) is 7.42. The highest BCUT2D eigenvalue weighted by Gasteiger charge is 2.44. The summed E-state index contributed by atoms with van der Waals surface area (Å²) in [6.45, 7) is 6.44. The molecule has 0 spiro atoms. The average Bonchev–Trinajstić information content (AvgIpc) is 2.47. The van der Waals surface area contributed by atoms with E-state index in [4.69, 9.17) is 10.5 Å². The highest BCUT2D eigenvalue weighted by molar-refractivity contribution is 5.34. The van der Waals surface area contributed by atoms with Crippen LogP contribution in [0, 0.1) is 10.1 Å². The largest absolute Gasteiger partial charge is 0.499 e. The maximum Gasteiger partial charge on any atom is 0.268 e. The molecule has 0 saturated heterocycles. The molecule has 7 heteroatoms. The molecule has 0 aromatic heterocycles. The summed E-state index contributed by atoms with van der Waals surface area (Å²) in [7, 11) is 3.56. The Morgan fingerprint density at radius 2 is 2.24 bits per heavy atom. The fourth-order valence-electron chi connectivity index (χ4n) is 2.48. The molecule has 0 radical (unpaired) electrons. The molecule has 1 aliphatic rings. The van der Waals surface area contributed by atoms with Crippen LogP contribution in [-0.2, 0) is 4.74 Å². The van der Waals surface area contributed by atoms with Crippen LogP contribution in [0.25, 0.3) is 0 Å². The van der Waals surface area contributed by atoms with Crippen LogP contribution in [0.15, 0.2) is 23.2 Å². The van der Waals surface area contributed by atoms with Crippen LogP contribution < -0.4 is 11.1 Å². The summed E-state index contributed by atoms with van der Waals surface area (Å²) in [5, 5.41) is 14.7. The van der Waals surface area contributed by atoms with Gasteiger partial charge in [-0.1, -0.05) is 13.8 Å². The zero-order valence-electron chi connectivity index (χ0n) is 13.3. The van der Waals surface area contributed by atoms with Gasteiger partial charge in [0.1, 0.15) is 11.3 Å². The number of allylic oxidation sites excluding steroid dienone is 1. The van der Waals surface area contributed by atoms with Crippen LogP contribution in [0.3, 0.4) is 0 Å².